The molecule has 1 unspecified atom stereocenters. The van der Waals surface area contributed by atoms with Crippen LogP contribution in [0.15, 0.2) is 77.3 Å². The van der Waals surface area contributed by atoms with E-state index in [4.69, 9.17) is 9.15 Å². The molecule has 36 heavy (non-hydrogen) atoms. The van der Waals surface area contributed by atoms with Crippen LogP contribution in [0.2, 0.25) is 0 Å². The fourth-order valence-electron chi connectivity index (χ4n) is 3.64. The van der Waals surface area contributed by atoms with Gasteiger partial charge in [-0.25, -0.2) is 13.8 Å². The van der Waals surface area contributed by atoms with Gasteiger partial charge in [-0.3, -0.25) is 9.59 Å². The van der Waals surface area contributed by atoms with Crippen molar-refractivity contribution < 1.29 is 27.5 Å². The van der Waals surface area contributed by atoms with Crippen LogP contribution < -0.4 is 5.32 Å². The second kappa shape index (κ2) is 10.9. The van der Waals surface area contributed by atoms with Crippen molar-refractivity contribution in [3.05, 3.63) is 107 Å². The van der Waals surface area contributed by atoms with Crippen molar-refractivity contribution >= 4 is 17.6 Å². The largest absolute Gasteiger partial charge is 0.447 e. The van der Waals surface area contributed by atoms with Gasteiger partial charge in [0.05, 0.1) is 18.2 Å². The van der Waals surface area contributed by atoms with Crippen LogP contribution in [-0.2, 0) is 20.7 Å². The Morgan fingerprint density at radius 3 is 2.44 bits per heavy atom. The number of carbonyl (C=O) groups is 2. The van der Waals surface area contributed by atoms with E-state index in [1.165, 1.54) is 12.3 Å². The fourth-order valence-corrected chi connectivity index (χ4v) is 3.64. The van der Waals surface area contributed by atoms with Crippen molar-refractivity contribution in [3.63, 3.8) is 0 Å². The van der Waals surface area contributed by atoms with Crippen molar-refractivity contribution in [2.45, 2.75) is 32.8 Å². The molecule has 0 spiro atoms. The maximum atomic E-state index is 14.0. The number of ether oxygens (including phenoxy) is 1. The molecule has 6 nitrogen and oxygen atoms in total. The number of rotatable bonds is 8. The second-order valence-electron chi connectivity index (χ2n) is 8.30. The number of nitrogens with one attached hydrogen (secondary N) is 1. The van der Waals surface area contributed by atoms with E-state index < -0.39 is 29.6 Å². The minimum atomic E-state index is -1.17. The van der Waals surface area contributed by atoms with Crippen LogP contribution in [0.5, 0.6) is 0 Å². The van der Waals surface area contributed by atoms with Gasteiger partial charge in [0.2, 0.25) is 6.10 Å². The molecule has 0 aliphatic carbocycles. The molecule has 0 aliphatic rings. The number of benzene rings is 3. The number of hydrogen-bond donors (Lipinski definition) is 1. The number of aromatic nitrogens is 1. The number of aryl methyl sites for hydroxylation is 3. The molecule has 8 heteroatoms. The summed E-state index contributed by atoms with van der Waals surface area (Å²) >= 11 is 0. The van der Waals surface area contributed by atoms with E-state index in [1.54, 1.807) is 30.3 Å². The Kier molecular flexibility index (Phi) is 7.53. The summed E-state index contributed by atoms with van der Waals surface area (Å²) in [6.07, 6.45) is -0.104. The zero-order valence-electron chi connectivity index (χ0n) is 19.8. The van der Waals surface area contributed by atoms with E-state index in [1.807, 2.05) is 32.0 Å². The molecule has 1 amide bonds. The maximum absolute atomic E-state index is 14.0. The zero-order valence-corrected chi connectivity index (χ0v) is 19.8. The predicted octanol–water partition coefficient (Wildman–Crippen LogP) is 6.09. The van der Waals surface area contributed by atoms with Gasteiger partial charge >= 0.3 is 5.97 Å². The summed E-state index contributed by atoms with van der Waals surface area (Å²) in [7, 11) is 0. The van der Waals surface area contributed by atoms with Crippen LogP contribution in [0.3, 0.4) is 0 Å². The number of halogens is 2. The number of hydrogen-bond acceptors (Lipinski definition) is 5. The van der Waals surface area contributed by atoms with Crippen molar-refractivity contribution in [3.8, 4) is 11.3 Å². The first kappa shape index (κ1) is 24.8. The molecule has 1 heterocycles. The SMILES string of the molecule is Cc1ccc(C)c(NC(=O)C(OC(=O)CCc2ncc(-c3c(F)cccc3F)o2)c2ccccc2)c1. The Labute approximate surface area is 206 Å². The fraction of sp³-hybridized carbons (Fsp3) is 0.179. The van der Waals surface area contributed by atoms with E-state index in [-0.39, 0.29) is 30.1 Å². The van der Waals surface area contributed by atoms with Gasteiger partial charge in [0.1, 0.15) is 11.6 Å². The molecule has 0 saturated heterocycles. The zero-order chi connectivity index (χ0) is 25.7. The van der Waals surface area contributed by atoms with E-state index >= 15 is 0 Å². The van der Waals surface area contributed by atoms with E-state index in [9.17, 15) is 18.4 Å². The van der Waals surface area contributed by atoms with E-state index in [2.05, 4.69) is 10.3 Å². The summed E-state index contributed by atoms with van der Waals surface area (Å²) in [5.74, 6) is -2.67. The molecule has 1 N–H and O–H groups in total. The number of oxazole rings is 1. The lowest BCUT2D eigenvalue weighted by atomic mass is 10.1. The van der Waals surface area contributed by atoms with Gasteiger partial charge in [0.15, 0.2) is 11.7 Å². The summed E-state index contributed by atoms with van der Waals surface area (Å²) in [6, 6.07) is 17.8. The maximum Gasteiger partial charge on any atom is 0.307 e. The summed E-state index contributed by atoms with van der Waals surface area (Å²) < 4.78 is 39.0. The molecular weight excluding hydrogens is 466 g/mol. The topological polar surface area (TPSA) is 81.4 Å². The third-order valence-corrected chi connectivity index (χ3v) is 5.55. The number of nitrogens with zero attached hydrogens (tertiary/aromatic N) is 1. The highest BCUT2D eigenvalue weighted by atomic mass is 19.1. The van der Waals surface area contributed by atoms with Crippen LogP contribution in [0.25, 0.3) is 11.3 Å². The Bertz CT molecular complexity index is 1370. The third-order valence-electron chi connectivity index (χ3n) is 5.55. The molecule has 0 saturated carbocycles. The van der Waals surface area contributed by atoms with Crippen LogP contribution >= 0.6 is 0 Å². The minimum Gasteiger partial charge on any atom is -0.447 e. The van der Waals surface area contributed by atoms with Crippen LogP contribution in [-0.4, -0.2) is 16.9 Å². The van der Waals surface area contributed by atoms with Crippen molar-refractivity contribution in [1.82, 2.24) is 4.98 Å². The highest BCUT2D eigenvalue weighted by Gasteiger charge is 2.26. The minimum absolute atomic E-state index is 0.0228. The average molecular weight is 491 g/mol. The lowest BCUT2D eigenvalue weighted by molar-refractivity contribution is -0.154. The lowest BCUT2D eigenvalue weighted by Gasteiger charge is -2.19. The van der Waals surface area contributed by atoms with Gasteiger partial charge in [-0.1, -0.05) is 48.5 Å². The Hall–Kier alpha value is -4.33. The van der Waals surface area contributed by atoms with E-state index in [0.29, 0.717) is 11.3 Å². The summed E-state index contributed by atoms with van der Waals surface area (Å²) in [5, 5.41) is 2.84. The summed E-state index contributed by atoms with van der Waals surface area (Å²) in [6.45, 7) is 3.79. The number of anilines is 1. The highest BCUT2D eigenvalue weighted by molar-refractivity contribution is 5.96. The van der Waals surface area contributed by atoms with Gasteiger partial charge in [-0.05, 0) is 43.2 Å². The first-order chi connectivity index (χ1) is 17.3. The Balaban J connectivity index is 1.45. The molecule has 1 atom stereocenters. The molecule has 3 aromatic carbocycles. The van der Waals surface area contributed by atoms with Gasteiger partial charge < -0.3 is 14.5 Å². The Morgan fingerprint density at radius 2 is 1.72 bits per heavy atom. The molecule has 0 radical (unpaired) electrons. The van der Waals surface area contributed by atoms with Crippen LogP contribution in [0.1, 0.15) is 35.1 Å². The standard InChI is InChI=1S/C28H24F2N2O4/c1-17-11-12-18(2)22(15-17)32-28(34)27(19-7-4-3-5-8-19)36-25(33)14-13-24-31-16-23(35-24)26-20(29)9-6-10-21(26)30/h3-12,15-16,27H,13-14H2,1-2H3,(H,32,34). The molecular formula is C28H24F2N2O4. The van der Waals surface area contributed by atoms with Crippen molar-refractivity contribution in [2.75, 3.05) is 5.32 Å². The highest BCUT2D eigenvalue weighted by Crippen LogP contribution is 2.27. The molecule has 0 fully saturated rings. The van der Waals surface area contributed by atoms with Crippen LogP contribution in [0, 0.1) is 25.5 Å². The van der Waals surface area contributed by atoms with Crippen LogP contribution in [0.4, 0.5) is 14.5 Å². The molecule has 4 aromatic rings. The monoisotopic (exact) mass is 490 g/mol. The van der Waals surface area contributed by atoms with E-state index in [0.717, 1.165) is 23.3 Å². The van der Waals surface area contributed by atoms with Crippen molar-refractivity contribution in [1.29, 1.82) is 0 Å². The van der Waals surface area contributed by atoms with Gasteiger partial charge in [0.25, 0.3) is 5.91 Å². The Morgan fingerprint density at radius 1 is 1.00 bits per heavy atom. The number of amides is 1. The first-order valence-corrected chi connectivity index (χ1v) is 11.3. The van der Waals surface area contributed by atoms with Gasteiger partial charge in [-0.2, -0.15) is 0 Å². The number of esters is 1. The third kappa shape index (κ3) is 5.83. The average Bonchev–Trinajstić information content (AvgIpc) is 3.32. The first-order valence-electron chi connectivity index (χ1n) is 11.3. The predicted molar refractivity (Wildman–Crippen MR) is 130 cm³/mol. The molecule has 1 aromatic heterocycles. The number of carbonyl (C=O) groups excluding carboxylic acids is 2. The summed E-state index contributed by atoms with van der Waals surface area (Å²) in [4.78, 5) is 29.8. The molecule has 0 bridgehead atoms. The molecule has 0 aliphatic heterocycles. The van der Waals surface area contributed by atoms with Gasteiger partial charge in [-0.15, -0.1) is 0 Å². The second-order valence-corrected chi connectivity index (χ2v) is 8.30. The smallest absolute Gasteiger partial charge is 0.307 e. The molecule has 4 rings (SSSR count). The normalized spacial score (nSPS) is 11.7. The molecule has 184 valence electrons. The van der Waals surface area contributed by atoms with Gasteiger partial charge in [0, 0.05) is 17.7 Å². The van der Waals surface area contributed by atoms with Crippen molar-refractivity contribution in [2.24, 2.45) is 0 Å². The lowest BCUT2D eigenvalue weighted by Crippen LogP contribution is -2.26. The summed E-state index contributed by atoms with van der Waals surface area (Å²) in [5.41, 5.74) is 2.67. The quantitative estimate of drug-likeness (QED) is 0.302.